The summed E-state index contributed by atoms with van der Waals surface area (Å²) in [6.07, 6.45) is 1.84. The number of carbonyl (C=O) groups is 2. The van der Waals surface area contributed by atoms with Crippen LogP contribution in [0.15, 0.2) is 102 Å². The lowest BCUT2D eigenvalue weighted by atomic mass is 9.93. The summed E-state index contributed by atoms with van der Waals surface area (Å²) in [6.45, 7) is 1.81. The SMILES string of the molecule is COc1ccc(-c2nn(-c3ccccc3)cc2[C@@H]2NC(=O)NC(C)=C2C(=O)OCc2ccccc2)cc1. The van der Waals surface area contributed by atoms with Crippen LogP contribution in [-0.2, 0) is 16.1 Å². The van der Waals surface area contributed by atoms with Crippen LogP contribution in [0.3, 0.4) is 0 Å². The highest BCUT2D eigenvalue weighted by molar-refractivity contribution is 5.95. The number of carbonyl (C=O) groups excluding carboxylic acids is 2. The minimum absolute atomic E-state index is 0.117. The summed E-state index contributed by atoms with van der Waals surface area (Å²) in [6, 6.07) is 25.4. The maximum atomic E-state index is 13.4. The molecule has 2 N–H and O–H groups in total. The first-order valence-electron chi connectivity index (χ1n) is 11.8. The number of methoxy groups -OCH3 is 1. The van der Waals surface area contributed by atoms with Crippen LogP contribution in [0.1, 0.15) is 24.1 Å². The zero-order chi connectivity index (χ0) is 25.8. The molecule has 3 aromatic carbocycles. The number of rotatable bonds is 7. The Labute approximate surface area is 214 Å². The van der Waals surface area contributed by atoms with E-state index in [9.17, 15) is 9.59 Å². The van der Waals surface area contributed by atoms with Crippen molar-refractivity contribution in [3.05, 3.63) is 114 Å². The van der Waals surface area contributed by atoms with Gasteiger partial charge in [0.25, 0.3) is 0 Å². The van der Waals surface area contributed by atoms with Crippen LogP contribution in [0.25, 0.3) is 16.9 Å². The maximum absolute atomic E-state index is 13.4. The molecular formula is C29H26N4O4. The fourth-order valence-electron chi connectivity index (χ4n) is 4.28. The molecule has 1 aliphatic rings. The van der Waals surface area contributed by atoms with E-state index in [4.69, 9.17) is 14.6 Å². The van der Waals surface area contributed by atoms with E-state index < -0.39 is 18.0 Å². The lowest BCUT2D eigenvalue weighted by Crippen LogP contribution is -2.45. The summed E-state index contributed by atoms with van der Waals surface area (Å²) in [7, 11) is 1.61. The van der Waals surface area contributed by atoms with Crippen LogP contribution >= 0.6 is 0 Å². The molecule has 0 fully saturated rings. The minimum atomic E-state index is -0.772. The van der Waals surface area contributed by atoms with Crippen molar-refractivity contribution in [3.8, 4) is 22.7 Å². The summed E-state index contributed by atoms with van der Waals surface area (Å²) in [5.41, 5.74) is 4.56. The Kier molecular flexibility index (Phi) is 6.72. The third kappa shape index (κ3) is 5.08. The predicted molar refractivity (Wildman–Crippen MR) is 139 cm³/mol. The van der Waals surface area contributed by atoms with E-state index in [1.165, 1.54) is 0 Å². The van der Waals surface area contributed by atoms with Crippen molar-refractivity contribution in [1.29, 1.82) is 0 Å². The summed E-state index contributed by atoms with van der Waals surface area (Å²) >= 11 is 0. The van der Waals surface area contributed by atoms with E-state index in [2.05, 4.69) is 10.6 Å². The van der Waals surface area contributed by atoms with Gasteiger partial charge >= 0.3 is 12.0 Å². The molecule has 0 bridgehead atoms. The lowest BCUT2D eigenvalue weighted by molar-refractivity contribution is -0.140. The van der Waals surface area contributed by atoms with Gasteiger partial charge in [0.2, 0.25) is 0 Å². The highest BCUT2D eigenvalue weighted by Crippen LogP contribution is 2.35. The maximum Gasteiger partial charge on any atom is 0.338 e. The van der Waals surface area contributed by atoms with Crippen molar-refractivity contribution >= 4 is 12.0 Å². The molecule has 0 saturated heterocycles. The Morgan fingerprint density at radius 1 is 0.973 bits per heavy atom. The summed E-state index contributed by atoms with van der Waals surface area (Å²) in [5.74, 6) is 0.191. The van der Waals surface area contributed by atoms with E-state index in [-0.39, 0.29) is 6.61 Å². The van der Waals surface area contributed by atoms with Gasteiger partial charge in [0, 0.05) is 23.0 Å². The largest absolute Gasteiger partial charge is 0.497 e. The smallest absolute Gasteiger partial charge is 0.338 e. The van der Waals surface area contributed by atoms with Gasteiger partial charge in [-0.25, -0.2) is 14.3 Å². The van der Waals surface area contributed by atoms with Crippen molar-refractivity contribution in [3.63, 3.8) is 0 Å². The predicted octanol–water partition coefficient (Wildman–Crippen LogP) is 4.92. The quantitative estimate of drug-likeness (QED) is 0.356. The van der Waals surface area contributed by atoms with Gasteiger partial charge in [-0.3, -0.25) is 0 Å². The zero-order valence-corrected chi connectivity index (χ0v) is 20.5. The monoisotopic (exact) mass is 494 g/mol. The van der Waals surface area contributed by atoms with Crippen molar-refractivity contribution < 1.29 is 19.1 Å². The Bertz CT molecular complexity index is 1440. The van der Waals surface area contributed by atoms with Gasteiger partial charge in [-0.05, 0) is 48.9 Å². The molecule has 1 atom stereocenters. The first-order chi connectivity index (χ1) is 18.0. The van der Waals surface area contributed by atoms with Crippen molar-refractivity contribution in [2.75, 3.05) is 7.11 Å². The molecule has 8 heteroatoms. The number of ether oxygens (including phenoxy) is 2. The molecule has 0 unspecified atom stereocenters. The molecule has 5 rings (SSSR count). The van der Waals surface area contributed by atoms with Gasteiger partial charge in [0.1, 0.15) is 12.4 Å². The van der Waals surface area contributed by atoms with Gasteiger partial charge in [-0.15, -0.1) is 0 Å². The molecule has 186 valence electrons. The van der Waals surface area contributed by atoms with Crippen LogP contribution < -0.4 is 15.4 Å². The summed E-state index contributed by atoms with van der Waals surface area (Å²) < 4.78 is 12.7. The standard InChI is InChI=1S/C29H26N4O4/c1-19-25(28(34)37-18-20-9-5-3-6-10-20)27(31-29(35)30-19)24-17-33(22-11-7-4-8-12-22)32-26(24)21-13-15-23(36-2)16-14-21/h3-17,27H,18H2,1-2H3,(H2,30,31,35)/t27-/m0/s1. The fraction of sp³-hybridized carbons (Fsp3) is 0.138. The van der Waals surface area contributed by atoms with Gasteiger partial charge < -0.3 is 20.1 Å². The highest BCUT2D eigenvalue weighted by Gasteiger charge is 2.35. The number of urea groups is 1. The van der Waals surface area contributed by atoms with Crippen LogP contribution in [-0.4, -0.2) is 28.9 Å². The number of para-hydroxylation sites is 1. The van der Waals surface area contributed by atoms with E-state index in [0.717, 1.165) is 16.8 Å². The number of nitrogens with one attached hydrogen (secondary N) is 2. The van der Waals surface area contributed by atoms with Gasteiger partial charge in [0.15, 0.2) is 0 Å². The second kappa shape index (κ2) is 10.4. The third-order valence-electron chi connectivity index (χ3n) is 6.14. The van der Waals surface area contributed by atoms with Gasteiger partial charge in [-0.1, -0.05) is 48.5 Å². The second-order valence-corrected chi connectivity index (χ2v) is 8.57. The van der Waals surface area contributed by atoms with Crippen LogP contribution in [0.2, 0.25) is 0 Å². The molecule has 2 amide bonds. The number of hydrogen-bond acceptors (Lipinski definition) is 5. The lowest BCUT2D eigenvalue weighted by Gasteiger charge is -2.28. The van der Waals surface area contributed by atoms with E-state index in [1.807, 2.05) is 91.1 Å². The highest BCUT2D eigenvalue weighted by atomic mass is 16.5. The molecule has 8 nitrogen and oxygen atoms in total. The molecular weight excluding hydrogens is 468 g/mol. The van der Waals surface area contributed by atoms with Crippen molar-refractivity contribution in [2.24, 2.45) is 0 Å². The first-order valence-corrected chi connectivity index (χ1v) is 11.8. The number of allylic oxidation sites excluding steroid dienone is 1. The minimum Gasteiger partial charge on any atom is -0.497 e. The molecule has 0 aliphatic carbocycles. The molecule has 0 saturated carbocycles. The first kappa shape index (κ1) is 23.9. The Balaban J connectivity index is 1.57. The average Bonchev–Trinajstić information content (AvgIpc) is 3.38. The molecule has 37 heavy (non-hydrogen) atoms. The van der Waals surface area contributed by atoms with Crippen LogP contribution in [0.5, 0.6) is 5.75 Å². The second-order valence-electron chi connectivity index (χ2n) is 8.57. The molecule has 2 heterocycles. The van der Waals surface area contributed by atoms with Gasteiger partial charge in [-0.2, -0.15) is 5.10 Å². The van der Waals surface area contributed by atoms with Gasteiger partial charge in [0.05, 0.1) is 30.1 Å². The Morgan fingerprint density at radius 3 is 2.32 bits per heavy atom. The molecule has 0 spiro atoms. The van der Waals surface area contributed by atoms with E-state index >= 15 is 0 Å². The number of nitrogens with zero attached hydrogens (tertiary/aromatic N) is 2. The van der Waals surface area contributed by atoms with Crippen molar-refractivity contribution in [1.82, 2.24) is 20.4 Å². The molecule has 0 radical (unpaired) electrons. The number of hydrogen-bond donors (Lipinski definition) is 2. The van der Waals surface area contributed by atoms with E-state index in [0.29, 0.717) is 28.3 Å². The molecule has 1 aromatic heterocycles. The molecule has 1 aliphatic heterocycles. The third-order valence-corrected chi connectivity index (χ3v) is 6.14. The number of benzene rings is 3. The summed E-state index contributed by atoms with van der Waals surface area (Å²) in [4.78, 5) is 25.9. The number of esters is 1. The van der Waals surface area contributed by atoms with Crippen LogP contribution in [0.4, 0.5) is 4.79 Å². The van der Waals surface area contributed by atoms with E-state index in [1.54, 1.807) is 18.7 Å². The zero-order valence-electron chi connectivity index (χ0n) is 20.5. The topological polar surface area (TPSA) is 94.5 Å². The summed E-state index contributed by atoms with van der Waals surface area (Å²) in [5, 5.41) is 10.5. The normalized spacial score (nSPS) is 15.1. The number of aromatic nitrogens is 2. The average molecular weight is 495 g/mol. The molecule has 4 aromatic rings. The Morgan fingerprint density at radius 2 is 1.65 bits per heavy atom. The Hall–Kier alpha value is -4.85. The van der Waals surface area contributed by atoms with Crippen LogP contribution in [0, 0.1) is 0 Å². The fourth-order valence-corrected chi connectivity index (χ4v) is 4.28. The van der Waals surface area contributed by atoms with Crippen molar-refractivity contribution in [2.45, 2.75) is 19.6 Å². The number of amides is 2.